The van der Waals surface area contributed by atoms with Crippen LogP contribution in [0, 0.1) is 0 Å². The number of alkyl halides is 3. The number of benzene rings is 1. The van der Waals surface area contributed by atoms with Crippen LogP contribution in [0.3, 0.4) is 0 Å². The summed E-state index contributed by atoms with van der Waals surface area (Å²) in [7, 11) is 0. The number of nitrogens with one attached hydrogen (secondary N) is 1. The van der Waals surface area contributed by atoms with E-state index in [0.29, 0.717) is 12.0 Å². The van der Waals surface area contributed by atoms with Crippen molar-refractivity contribution < 1.29 is 18.0 Å². The number of Topliss-reactive ketones (excluding diaryl/α,β-unsaturated/α-hetero) is 1. The van der Waals surface area contributed by atoms with E-state index in [1.165, 1.54) is 12.1 Å². The molecule has 0 aromatic heterocycles. The zero-order valence-electron chi connectivity index (χ0n) is 10.7. The Morgan fingerprint density at radius 2 is 1.84 bits per heavy atom. The molecule has 0 amide bonds. The number of carbonyl (C=O) groups excluding carboxylic acids is 1. The summed E-state index contributed by atoms with van der Waals surface area (Å²) in [6.07, 6.45) is -1.67. The Bertz CT molecular complexity index is 459. The lowest BCUT2D eigenvalue weighted by Crippen LogP contribution is -2.52. The van der Waals surface area contributed by atoms with Crippen molar-refractivity contribution in [3.05, 3.63) is 35.4 Å². The number of hydrogen-bond acceptors (Lipinski definition) is 2. The van der Waals surface area contributed by atoms with Gasteiger partial charge in [-0.1, -0.05) is 12.1 Å². The van der Waals surface area contributed by atoms with Crippen molar-refractivity contribution in [3.63, 3.8) is 0 Å². The molecular weight excluding hydrogens is 255 g/mol. The van der Waals surface area contributed by atoms with Crippen LogP contribution in [0.15, 0.2) is 24.3 Å². The van der Waals surface area contributed by atoms with E-state index < -0.39 is 17.3 Å². The van der Waals surface area contributed by atoms with Crippen molar-refractivity contribution in [2.24, 2.45) is 0 Å². The Kier molecular flexibility index (Phi) is 3.67. The quantitative estimate of drug-likeness (QED) is 0.835. The van der Waals surface area contributed by atoms with Crippen LogP contribution >= 0.6 is 0 Å². The van der Waals surface area contributed by atoms with E-state index in [0.717, 1.165) is 31.5 Å². The van der Waals surface area contributed by atoms with Crippen LogP contribution in [0.1, 0.15) is 42.1 Å². The molecule has 1 aliphatic rings. The van der Waals surface area contributed by atoms with E-state index in [1.54, 1.807) is 0 Å². The molecule has 5 heteroatoms. The van der Waals surface area contributed by atoms with Gasteiger partial charge in [-0.25, -0.2) is 0 Å². The Hall–Kier alpha value is -1.36. The Morgan fingerprint density at radius 3 is 2.32 bits per heavy atom. The van der Waals surface area contributed by atoms with Crippen LogP contribution in [0.5, 0.6) is 0 Å². The van der Waals surface area contributed by atoms with Crippen molar-refractivity contribution in [1.29, 1.82) is 0 Å². The van der Waals surface area contributed by atoms with Gasteiger partial charge >= 0.3 is 6.18 Å². The lowest BCUT2D eigenvalue weighted by atomic mass is 9.83. The summed E-state index contributed by atoms with van der Waals surface area (Å²) in [4.78, 5) is 12.3. The lowest BCUT2D eigenvalue weighted by molar-refractivity contribution is -0.137. The average molecular weight is 271 g/mol. The summed E-state index contributed by atoms with van der Waals surface area (Å²) in [6.45, 7) is 2.58. The lowest BCUT2D eigenvalue weighted by Gasteiger charge is -2.33. The fraction of sp³-hybridized carbons (Fsp3) is 0.500. The van der Waals surface area contributed by atoms with Gasteiger partial charge in [0.05, 0.1) is 11.1 Å². The summed E-state index contributed by atoms with van der Waals surface area (Å²) in [6, 6.07) is 4.43. The maximum absolute atomic E-state index is 12.5. The predicted molar refractivity (Wildman–Crippen MR) is 66.0 cm³/mol. The molecular formula is C14H16F3NO. The minimum atomic E-state index is -4.37. The number of hydrogen-bond donors (Lipinski definition) is 1. The molecule has 1 saturated heterocycles. The third-order valence-corrected chi connectivity index (χ3v) is 3.59. The fourth-order valence-corrected chi connectivity index (χ4v) is 2.38. The van der Waals surface area contributed by atoms with Gasteiger partial charge in [0.15, 0.2) is 5.78 Å². The van der Waals surface area contributed by atoms with Crippen LogP contribution in [0.25, 0.3) is 0 Å². The van der Waals surface area contributed by atoms with Gasteiger partial charge in [-0.2, -0.15) is 13.2 Å². The molecule has 2 nitrogen and oxygen atoms in total. The number of piperidine rings is 1. The SMILES string of the molecule is CC1(C(=O)c2ccc(C(F)(F)F)cc2)CCCCN1. The van der Waals surface area contributed by atoms with E-state index in [2.05, 4.69) is 5.32 Å². The third kappa shape index (κ3) is 2.97. The first kappa shape index (κ1) is 14.1. The second-order valence-corrected chi connectivity index (χ2v) is 5.12. The Morgan fingerprint density at radius 1 is 1.21 bits per heavy atom. The maximum Gasteiger partial charge on any atom is 0.416 e. The summed E-state index contributed by atoms with van der Waals surface area (Å²) in [5.74, 6) is -0.138. The molecule has 1 unspecified atom stereocenters. The average Bonchev–Trinajstić information content (AvgIpc) is 2.38. The number of carbonyl (C=O) groups is 1. The van der Waals surface area contributed by atoms with Crippen LogP contribution in [-0.4, -0.2) is 17.9 Å². The molecule has 1 N–H and O–H groups in total. The van der Waals surface area contributed by atoms with Gasteiger partial charge in [0.2, 0.25) is 0 Å². The predicted octanol–water partition coefficient (Wildman–Crippen LogP) is 3.42. The molecule has 0 spiro atoms. The number of ketones is 1. The van der Waals surface area contributed by atoms with Gasteiger partial charge in [-0.05, 0) is 44.9 Å². The van der Waals surface area contributed by atoms with Crippen LogP contribution in [-0.2, 0) is 6.18 Å². The van der Waals surface area contributed by atoms with E-state index in [-0.39, 0.29) is 5.78 Å². The highest BCUT2D eigenvalue weighted by molar-refractivity contribution is 6.03. The van der Waals surface area contributed by atoms with Crippen molar-refractivity contribution in [2.75, 3.05) is 6.54 Å². The molecule has 1 aliphatic heterocycles. The Balaban J connectivity index is 2.20. The van der Waals surface area contributed by atoms with Crippen LogP contribution < -0.4 is 5.32 Å². The highest BCUT2D eigenvalue weighted by atomic mass is 19.4. The Labute approximate surface area is 110 Å². The van der Waals surface area contributed by atoms with E-state index in [4.69, 9.17) is 0 Å². The van der Waals surface area contributed by atoms with Crippen LogP contribution in [0.2, 0.25) is 0 Å². The molecule has 0 saturated carbocycles. The molecule has 1 aromatic rings. The molecule has 0 radical (unpaired) electrons. The molecule has 0 aliphatic carbocycles. The summed E-state index contributed by atoms with van der Waals surface area (Å²) in [5, 5.41) is 3.17. The normalized spacial score (nSPS) is 24.2. The first-order valence-electron chi connectivity index (χ1n) is 6.30. The summed E-state index contributed by atoms with van der Waals surface area (Å²) >= 11 is 0. The van der Waals surface area contributed by atoms with E-state index in [1.807, 2.05) is 6.92 Å². The highest BCUT2D eigenvalue weighted by Crippen LogP contribution is 2.30. The fourth-order valence-electron chi connectivity index (χ4n) is 2.38. The highest BCUT2D eigenvalue weighted by Gasteiger charge is 2.35. The van der Waals surface area contributed by atoms with Crippen molar-refractivity contribution in [3.8, 4) is 0 Å². The standard InChI is InChI=1S/C14H16F3NO/c1-13(8-2-3-9-18-13)12(19)10-4-6-11(7-5-10)14(15,16)17/h4-7,18H,2-3,8-9H2,1H3. The third-order valence-electron chi connectivity index (χ3n) is 3.59. The van der Waals surface area contributed by atoms with Gasteiger partial charge in [-0.3, -0.25) is 4.79 Å². The summed E-state index contributed by atoms with van der Waals surface area (Å²) < 4.78 is 37.4. The zero-order valence-corrected chi connectivity index (χ0v) is 10.7. The van der Waals surface area contributed by atoms with Gasteiger partial charge < -0.3 is 5.32 Å². The minimum Gasteiger partial charge on any atom is -0.305 e. The molecule has 1 aromatic carbocycles. The van der Waals surface area contributed by atoms with E-state index in [9.17, 15) is 18.0 Å². The smallest absolute Gasteiger partial charge is 0.305 e. The molecule has 1 heterocycles. The van der Waals surface area contributed by atoms with E-state index >= 15 is 0 Å². The maximum atomic E-state index is 12.5. The zero-order chi connectivity index (χ0) is 14.1. The van der Waals surface area contributed by atoms with Crippen molar-refractivity contribution in [2.45, 2.75) is 37.9 Å². The minimum absolute atomic E-state index is 0.138. The van der Waals surface area contributed by atoms with Crippen LogP contribution in [0.4, 0.5) is 13.2 Å². The van der Waals surface area contributed by atoms with Crippen molar-refractivity contribution >= 4 is 5.78 Å². The molecule has 1 atom stereocenters. The topological polar surface area (TPSA) is 29.1 Å². The molecule has 104 valence electrons. The first-order chi connectivity index (χ1) is 8.83. The molecule has 19 heavy (non-hydrogen) atoms. The molecule has 0 bridgehead atoms. The first-order valence-corrected chi connectivity index (χ1v) is 6.30. The van der Waals surface area contributed by atoms with Gasteiger partial charge in [0, 0.05) is 5.56 Å². The van der Waals surface area contributed by atoms with Crippen molar-refractivity contribution in [1.82, 2.24) is 5.32 Å². The molecule has 2 rings (SSSR count). The van der Waals surface area contributed by atoms with Gasteiger partial charge in [0.1, 0.15) is 0 Å². The molecule has 1 fully saturated rings. The monoisotopic (exact) mass is 271 g/mol. The second kappa shape index (κ2) is 4.96. The number of halogens is 3. The summed E-state index contributed by atoms with van der Waals surface area (Å²) in [5.41, 5.74) is -1.06. The van der Waals surface area contributed by atoms with Gasteiger partial charge in [0.25, 0.3) is 0 Å². The second-order valence-electron chi connectivity index (χ2n) is 5.12. The number of rotatable bonds is 2. The largest absolute Gasteiger partial charge is 0.416 e. The van der Waals surface area contributed by atoms with Gasteiger partial charge in [-0.15, -0.1) is 0 Å².